The summed E-state index contributed by atoms with van der Waals surface area (Å²) in [6, 6.07) is 0. The van der Waals surface area contributed by atoms with Crippen molar-refractivity contribution in [2.45, 2.75) is 6.43 Å². The summed E-state index contributed by atoms with van der Waals surface area (Å²) in [5.74, 6) is -2.36. The van der Waals surface area contributed by atoms with Gasteiger partial charge in [-0.25, -0.2) is 22.5 Å². The molecule has 0 unspecified atom stereocenters. The van der Waals surface area contributed by atoms with Crippen molar-refractivity contribution in [1.29, 1.82) is 0 Å². The molecule has 6 heteroatoms. The topological polar surface area (TPSA) is 12.9 Å². The second-order valence-electron chi connectivity index (χ2n) is 1.92. The van der Waals surface area contributed by atoms with E-state index in [-0.39, 0.29) is 0 Å². The van der Waals surface area contributed by atoms with Crippen LogP contribution in [0, 0.1) is 11.6 Å². The van der Waals surface area contributed by atoms with E-state index in [4.69, 9.17) is 0 Å². The fourth-order valence-corrected chi connectivity index (χ4v) is 0.914. The number of halogens is 5. The first-order chi connectivity index (χ1) is 5.54. The maximum Gasteiger partial charge on any atom is 0.283 e. The minimum atomic E-state index is -3.04. The molecular formula is C6H2BrF4N. The van der Waals surface area contributed by atoms with Crippen LogP contribution in [0.5, 0.6) is 0 Å². The molecule has 0 spiro atoms. The van der Waals surface area contributed by atoms with Gasteiger partial charge in [-0.15, -0.1) is 0 Å². The maximum absolute atomic E-state index is 12.7. The van der Waals surface area contributed by atoms with Crippen LogP contribution in [-0.4, -0.2) is 4.98 Å². The zero-order chi connectivity index (χ0) is 9.30. The van der Waals surface area contributed by atoms with E-state index >= 15 is 0 Å². The van der Waals surface area contributed by atoms with E-state index in [0.717, 1.165) is 0 Å². The second kappa shape index (κ2) is 3.38. The lowest BCUT2D eigenvalue weighted by Gasteiger charge is -2.02. The van der Waals surface area contributed by atoms with Gasteiger partial charge in [-0.05, 0) is 15.9 Å². The van der Waals surface area contributed by atoms with Gasteiger partial charge in [0.2, 0.25) is 0 Å². The second-order valence-corrected chi connectivity index (χ2v) is 2.71. The summed E-state index contributed by atoms with van der Waals surface area (Å²) in [7, 11) is 0. The third kappa shape index (κ3) is 1.57. The van der Waals surface area contributed by atoms with Gasteiger partial charge in [0.25, 0.3) is 6.43 Å². The molecule has 1 aromatic heterocycles. The van der Waals surface area contributed by atoms with Gasteiger partial charge in [0, 0.05) is 0 Å². The van der Waals surface area contributed by atoms with Crippen LogP contribution in [0.3, 0.4) is 0 Å². The monoisotopic (exact) mass is 243 g/mol. The summed E-state index contributed by atoms with van der Waals surface area (Å²) in [5.41, 5.74) is -1.05. The minimum Gasteiger partial charge on any atom is -0.249 e. The Labute approximate surface area is 73.5 Å². The molecule has 0 saturated carbocycles. The van der Waals surface area contributed by atoms with E-state index in [1.165, 1.54) is 0 Å². The standard InChI is InChI=1S/C6H2BrF4N/c7-3-2(8)1-12-5(4(3)9)6(10)11/h1,6H. The van der Waals surface area contributed by atoms with Gasteiger partial charge in [0.1, 0.15) is 5.69 Å². The molecule has 0 aliphatic carbocycles. The Morgan fingerprint density at radius 2 is 1.92 bits per heavy atom. The number of pyridine rings is 1. The zero-order valence-electron chi connectivity index (χ0n) is 5.49. The number of aromatic nitrogens is 1. The molecule has 1 aromatic rings. The van der Waals surface area contributed by atoms with E-state index in [1.807, 2.05) is 0 Å². The first kappa shape index (κ1) is 9.44. The molecule has 0 bridgehead atoms. The molecule has 66 valence electrons. The van der Waals surface area contributed by atoms with E-state index in [0.29, 0.717) is 6.20 Å². The number of nitrogens with zero attached hydrogens (tertiary/aromatic N) is 1. The lowest BCUT2D eigenvalue weighted by Crippen LogP contribution is -1.98. The van der Waals surface area contributed by atoms with Crippen LogP contribution in [0.25, 0.3) is 0 Å². The number of hydrogen-bond donors (Lipinski definition) is 0. The molecule has 0 amide bonds. The van der Waals surface area contributed by atoms with Crippen molar-refractivity contribution in [3.8, 4) is 0 Å². The van der Waals surface area contributed by atoms with Crippen LogP contribution in [-0.2, 0) is 0 Å². The molecule has 0 aliphatic heterocycles. The molecule has 0 fully saturated rings. The highest BCUT2D eigenvalue weighted by Crippen LogP contribution is 2.26. The van der Waals surface area contributed by atoms with Gasteiger partial charge in [-0.2, -0.15) is 0 Å². The van der Waals surface area contributed by atoms with Gasteiger partial charge >= 0.3 is 0 Å². The highest BCUT2D eigenvalue weighted by Gasteiger charge is 2.19. The smallest absolute Gasteiger partial charge is 0.249 e. The summed E-state index contributed by atoms with van der Waals surface area (Å²) < 4.78 is 48.3. The van der Waals surface area contributed by atoms with E-state index < -0.39 is 28.2 Å². The molecule has 0 radical (unpaired) electrons. The molecule has 0 atom stereocenters. The van der Waals surface area contributed by atoms with Crippen LogP contribution in [0.1, 0.15) is 12.1 Å². The molecule has 12 heavy (non-hydrogen) atoms. The van der Waals surface area contributed by atoms with Gasteiger partial charge in [-0.3, -0.25) is 0 Å². The largest absolute Gasteiger partial charge is 0.283 e. The number of rotatable bonds is 1. The Morgan fingerprint density at radius 1 is 1.33 bits per heavy atom. The first-order valence-electron chi connectivity index (χ1n) is 2.81. The van der Waals surface area contributed by atoms with E-state index in [9.17, 15) is 17.6 Å². The Balaban J connectivity index is 3.27. The SMILES string of the molecule is Fc1cnc(C(F)F)c(F)c1Br. The Bertz CT molecular complexity index is 302. The third-order valence-electron chi connectivity index (χ3n) is 1.15. The van der Waals surface area contributed by atoms with Gasteiger partial charge in [0.15, 0.2) is 11.6 Å². The highest BCUT2D eigenvalue weighted by molar-refractivity contribution is 9.10. The maximum atomic E-state index is 12.7. The fourth-order valence-electron chi connectivity index (χ4n) is 0.609. The van der Waals surface area contributed by atoms with Crippen LogP contribution in [0.2, 0.25) is 0 Å². The van der Waals surface area contributed by atoms with Crippen molar-refractivity contribution in [2.24, 2.45) is 0 Å². The van der Waals surface area contributed by atoms with E-state index in [1.54, 1.807) is 0 Å². The molecule has 0 N–H and O–H groups in total. The molecule has 1 rings (SSSR count). The average molecular weight is 244 g/mol. The fraction of sp³-hybridized carbons (Fsp3) is 0.167. The minimum absolute atomic E-state index is 0.536. The summed E-state index contributed by atoms with van der Waals surface area (Å²) in [4.78, 5) is 2.91. The molecule has 1 nitrogen and oxygen atoms in total. The summed E-state index contributed by atoms with van der Waals surface area (Å²) in [6.45, 7) is 0. The predicted molar refractivity (Wildman–Crippen MR) is 36.8 cm³/mol. The molecule has 0 saturated heterocycles. The number of hydrogen-bond acceptors (Lipinski definition) is 1. The van der Waals surface area contributed by atoms with Crippen molar-refractivity contribution >= 4 is 15.9 Å². The van der Waals surface area contributed by atoms with Gasteiger partial charge < -0.3 is 0 Å². The Morgan fingerprint density at radius 3 is 2.42 bits per heavy atom. The number of alkyl halides is 2. The Kier molecular flexibility index (Phi) is 2.66. The van der Waals surface area contributed by atoms with E-state index in [2.05, 4.69) is 20.9 Å². The quantitative estimate of drug-likeness (QED) is 0.691. The molecule has 0 aromatic carbocycles. The van der Waals surface area contributed by atoms with Crippen molar-refractivity contribution in [3.05, 3.63) is 28.0 Å². The first-order valence-corrected chi connectivity index (χ1v) is 3.61. The zero-order valence-corrected chi connectivity index (χ0v) is 7.08. The van der Waals surface area contributed by atoms with Crippen molar-refractivity contribution in [2.75, 3.05) is 0 Å². The van der Waals surface area contributed by atoms with Crippen LogP contribution < -0.4 is 0 Å². The average Bonchev–Trinajstić information content (AvgIpc) is 2.00. The molecule has 1 heterocycles. The van der Waals surface area contributed by atoms with Crippen molar-refractivity contribution in [1.82, 2.24) is 4.98 Å². The van der Waals surface area contributed by atoms with Crippen molar-refractivity contribution in [3.63, 3.8) is 0 Å². The molecule has 0 aliphatic rings. The summed E-state index contributed by atoms with van der Waals surface area (Å²) in [5, 5.41) is 0. The predicted octanol–water partition coefficient (Wildman–Crippen LogP) is 3.06. The highest BCUT2D eigenvalue weighted by atomic mass is 79.9. The van der Waals surface area contributed by atoms with Crippen LogP contribution in [0.4, 0.5) is 17.6 Å². The lowest BCUT2D eigenvalue weighted by atomic mass is 10.3. The van der Waals surface area contributed by atoms with Gasteiger partial charge in [-0.1, -0.05) is 0 Å². The van der Waals surface area contributed by atoms with Crippen molar-refractivity contribution < 1.29 is 17.6 Å². The normalized spacial score (nSPS) is 10.8. The molecular weight excluding hydrogens is 242 g/mol. The summed E-state index contributed by atoms with van der Waals surface area (Å²) in [6.07, 6.45) is -2.50. The van der Waals surface area contributed by atoms with Crippen LogP contribution >= 0.6 is 15.9 Å². The van der Waals surface area contributed by atoms with Gasteiger partial charge in [0.05, 0.1) is 10.7 Å². The Hall–Kier alpha value is -0.650. The lowest BCUT2D eigenvalue weighted by molar-refractivity contribution is 0.140. The summed E-state index contributed by atoms with van der Waals surface area (Å²) >= 11 is 2.47. The van der Waals surface area contributed by atoms with Crippen LogP contribution in [0.15, 0.2) is 10.7 Å². The third-order valence-corrected chi connectivity index (χ3v) is 1.88.